The monoisotopic (exact) mass is 553 g/mol. The number of ether oxygens (including phenoxy) is 1. The summed E-state index contributed by atoms with van der Waals surface area (Å²) in [6.45, 7) is 4.03. The number of fused-ring (bicyclic) bond motifs is 1. The Labute approximate surface area is 235 Å². The molecule has 0 unspecified atom stereocenters. The van der Waals surface area contributed by atoms with Gasteiger partial charge in [0.15, 0.2) is 4.80 Å². The number of aromatic nitrogens is 1. The van der Waals surface area contributed by atoms with Gasteiger partial charge in [-0.3, -0.25) is 9.36 Å². The highest BCUT2D eigenvalue weighted by Crippen LogP contribution is 2.35. The Bertz CT molecular complexity index is 1750. The Hall–Kier alpha value is -4.30. The van der Waals surface area contributed by atoms with E-state index < -0.39 is 17.8 Å². The number of hydrogen-bond donors (Lipinski definition) is 0. The zero-order chi connectivity index (χ0) is 27.6. The second-order valence-corrected chi connectivity index (χ2v) is 10.8. The van der Waals surface area contributed by atoms with Gasteiger partial charge in [0.05, 0.1) is 28.5 Å². The molecule has 0 N–H and O–H groups in total. The van der Waals surface area contributed by atoms with E-state index in [0.717, 1.165) is 24.2 Å². The summed E-state index contributed by atoms with van der Waals surface area (Å²) in [6, 6.07) is 22.6. The molecule has 2 aliphatic rings. The lowest BCUT2D eigenvalue weighted by Crippen LogP contribution is -2.40. The molecule has 3 aromatic carbocycles. The van der Waals surface area contributed by atoms with Crippen LogP contribution in [0.15, 0.2) is 94.2 Å². The topological polar surface area (TPSA) is 63.9 Å². The van der Waals surface area contributed by atoms with Crippen LogP contribution >= 0.6 is 11.3 Å². The molecule has 0 amide bonds. The van der Waals surface area contributed by atoms with E-state index in [1.165, 1.54) is 46.6 Å². The molecule has 1 fully saturated rings. The summed E-state index contributed by atoms with van der Waals surface area (Å²) >= 11 is 1.27. The highest BCUT2D eigenvalue weighted by Gasteiger charge is 2.35. The van der Waals surface area contributed by atoms with Gasteiger partial charge in [-0.05, 0) is 61.2 Å². The van der Waals surface area contributed by atoms with Crippen LogP contribution < -0.4 is 19.8 Å². The molecule has 6 rings (SSSR count). The third-order valence-electron chi connectivity index (χ3n) is 7.22. The maximum atomic E-state index is 13.9. The first-order valence-electron chi connectivity index (χ1n) is 13.4. The highest BCUT2D eigenvalue weighted by molar-refractivity contribution is 7.07. The number of thiazole rings is 1. The van der Waals surface area contributed by atoms with Crippen molar-refractivity contribution in [3.8, 4) is 0 Å². The van der Waals surface area contributed by atoms with Crippen molar-refractivity contribution in [3.05, 3.63) is 127 Å². The zero-order valence-corrected chi connectivity index (χ0v) is 22.9. The summed E-state index contributed by atoms with van der Waals surface area (Å²) < 4.78 is 21.4. The molecular weight excluding hydrogens is 525 g/mol. The number of hydrogen-bond acceptors (Lipinski definition) is 6. The first-order valence-corrected chi connectivity index (χ1v) is 14.2. The van der Waals surface area contributed by atoms with Crippen molar-refractivity contribution in [2.24, 2.45) is 4.99 Å². The predicted molar refractivity (Wildman–Crippen MR) is 155 cm³/mol. The molecule has 0 radical (unpaired) electrons. The fraction of sp³-hybridized carbons (Fsp3) is 0.219. The summed E-state index contributed by atoms with van der Waals surface area (Å²) in [4.78, 5) is 35.1. The second kappa shape index (κ2) is 11.1. The first kappa shape index (κ1) is 26.0. The van der Waals surface area contributed by atoms with E-state index in [2.05, 4.69) is 17.0 Å². The van der Waals surface area contributed by atoms with Crippen molar-refractivity contribution in [3.63, 3.8) is 0 Å². The number of carbonyl (C=O) groups excluding carboxylic acids is 1. The Morgan fingerprint density at radius 3 is 2.40 bits per heavy atom. The van der Waals surface area contributed by atoms with Crippen LogP contribution in [0.1, 0.15) is 42.5 Å². The lowest BCUT2D eigenvalue weighted by atomic mass is 9.93. The lowest BCUT2D eigenvalue weighted by Gasteiger charge is -2.25. The molecule has 1 aromatic heterocycles. The summed E-state index contributed by atoms with van der Waals surface area (Å²) in [5.41, 5.74) is 3.82. The number of halogens is 1. The van der Waals surface area contributed by atoms with Crippen molar-refractivity contribution in [2.45, 2.75) is 25.8 Å². The van der Waals surface area contributed by atoms with E-state index in [1.807, 2.05) is 48.5 Å². The van der Waals surface area contributed by atoms with Crippen LogP contribution in [0, 0.1) is 5.82 Å². The van der Waals surface area contributed by atoms with Crippen molar-refractivity contribution in [2.75, 3.05) is 24.6 Å². The molecule has 40 heavy (non-hydrogen) atoms. The first-order chi connectivity index (χ1) is 19.5. The van der Waals surface area contributed by atoms with Gasteiger partial charge in [-0.2, -0.15) is 0 Å². The van der Waals surface area contributed by atoms with E-state index >= 15 is 0 Å². The van der Waals surface area contributed by atoms with E-state index in [-0.39, 0.29) is 17.7 Å². The van der Waals surface area contributed by atoms with E-state index in [1.54, 1.807) is 19.1 Å². The maximum absolute atomic E-state index is 13.9. The lowest BCUT2D eigenvalue weighted by molar-refractivity contribution is -0.138. The average Bonchev–Trinajstić information content (AvgIpc) is 3.62. The van der Waals surface area contributed by atoms with Gasteiger partial charge in [0.25, 0.3) is 5.56 Å². The highest BCUT2D eigenvalue weighted by atomic mass is 32.1. The predicted octanol–water partition coefficient (Wildman–Crippen LogP) is 4.67. The number of carbonyl (C=O) groups is 1. The molecule has 1 saturated heterocycles. The van der Waals surface area contributed by atoms with Gasteiger partial charge in [-0.25, -0.2) is 14.2 Å². The van der Waals surface area contributed by atoms with Gasteiger partial charge >= 0.3 is 5.97 Å². The fourth-order valence-electron chi connectivity index (χ4n) is 5.31. The Kier molecular flexibility index (Phi) is 7.17. The molecule has 0 saturated carbocycles. The van der Waals surface area contributed by atoms with Gasteiger partial charge in [0.1, 0.15) is 5.82 Å². The minimum atomic E-state index is -0.828. The zero-order valence-electron chi connectivity index (χ0n) is 22.0. The van der Waals surface area contributed by atoms with Gasteiger partial charge in [-0.15, -0.1) is 0 Å². The molecule has 1 atom stereocenters. The SMILES string of the molecule is CCOC(=O)C1=C(c2ccccc2)N=c2s/c(=C/c3ccc(N4CCCC4)cc3)c(=O)n2[C@@H]1c1ccc(F)cc1. The van der Waals surface area contributed by atoms with Crippen LogP contribution in [-0.4, -0.2) is 30.2 Å². The number of benzene rings is 3. The summed E-state index contributed by atoms with van der Waals surface area (Å²) in [5, 5.41) is 0. The summed E-state index contributed by atoms with van der Waals surface area (Å²) in [5.74, 6) is -0.968. The third-order valence-corrected chi connectivity index (χ3v) is 8.20. The molecule has 4 aromatic rings. The van der Waals surface area contributed by atoms with E-state index in [9.17, 15) is 14.0 Å². The number of esters is 1. The Balaban J connectivity index is 1.54. The average molecular weight is 554 g/mol. The molecular formula is C32H28FN3O3S. The van der Waals surface area contributed by atoms with Crippen molar-refractivity contribution in [1.82, 2.24) is 4.57 Å². The Morgan fingerprint density at radius 2 is 1.73 bits per heavy atom. The van der Waals surface area contributed by atoms with Crippen LogP contribution in [0.25, 0.3) is 11.8 Å². The molecule has 3 heterocycles. The maximum Gasteiger partial charge on any atom is 0.338 e. The molecule has 2 aliphatic heterocycles. The van der Waals surface area contributed by atoms with Crippen molar-refractivity contribution >= 4 is 34.8 Å². The normalized spacial score (nSPS) is 17.1. The molecule has 8 heteroatoms. The van der Waals surface area contributed by atoms with Crippen LogP contribution in [0.2, 0.25) is 0 Å². The van der Waals surface area contributed by atoms with Crippen molar-refractivity contribution < 1.29 is 13.9 Å². The number of nitrogens with zero attached hydrogens (tertiary/aromatic N) is 3. The van der Waals surface area contributed by atoms with Crippen LogP contribution in [0.4, 0.5) is 10.1 Å². The molecule has 0 spiro atoms. The summed E-state index contributed by atoms with van der Waals surface area (Å²) in [7, 11) is 0. The van der Waals surface area contributed by atoms with Crippen molar-refractivity contribution in [1.29, 1.82) is 0 Å². The molecule has 0 bridgehead atoms. The molecule has 202 valence electrons. The minimum absolute atomic E-state index is 0.165. The van der Waals surface area contributed by atoms with Gasteiger partial charge in [0.2, 0.25) is 0 Å². The minimum Gasteiger partial charge on any atom is -0.463 e. The standard InChI is InChI=1S/C32H28FN3O3S/c1-2-39-31(38)27-28(22-8-4-3-5-9-22)34-32-36(29(27)23-12-14-24(33)15-13-23)30(37)26(40-32)20-21-10-16-25(17-11-21)35-18-6-7-19-35/h3-5,8-17,20,29H,2,6-7,18-19H2,1H3/b26-20+/t29-/m1/s1. The van der Waals surface area contributed by atoms with Crippen LogP contribution in [-0.2, 0) is 9.53 Å². The van der Waals surface area contributed by atoms with E-state index in [4.69, 9.17) is 9.73 Å². The van der Waals surface area contributed by atoms with Crippen LogP contribution in [0.3, 0.4) is 0 Å². The fourth-order valence-corrected chi connectivity index (χ4v) is 6.31. The summed E-state index contributed by atoms with van der Waals surface area (Å²) in [6.07, 6.45) is 4.27. The quantitative estimate of drug-likeness (QED) is 0.326. The number of anilines is 1. The molecule has 6 nitrogen and oxygen atoms in total. The smallest absolute Gasteiger partial charge is 0.338 e. The van der Waals surface area contributed by atoms with Gasteiger partial charge in [0, 0.05) is 24.3 Å². The van der Waals surface area contributed by atoms with E-state index in [0.29, 0.717) is 20.6 Å². The third kappa shape index (κ3) is 4.91. The van der Waals surface area contributed by atoms with Crippen LogP contribution in [0.5, 0.6) is 0 Å². The number of rotatable bonds is 6. The molecule has 0 aliphatic carbocycles. The van der Waals surface area contributed by atoms with Gasteiger partial charge in [-0.1, -0.05) is 65.9 Å². The second-order valence-electron chi connectivity index (χ2n) is 9.77. The largest absolute Gasteiger partial charge is 0.463 e. The van der Waals surface area contributed by atoms with Gasteiger partial charge < -0.3 is 9.64 Å². The Morgan fingerprint density at radius 1 is 1.02 bits per heavy atom.